The van der Waals surface area contributed by atoms with Gasteiger partial charge < -0.3 is 10.1 Å². The molecule has 0 heterocycles. The average molecular weight is 299 g/mol. The SMILES string of the molecule is COc1ccc(C(=O)NC2(c3ccc(F)cc3)CCC2)cc1. The van der Waals surface area contributed by atoms with Crippen molar-refractivity contribution in [3.63, 3.8) is 0 Å². The third-order valence-corrected chi connectivity index (χ3v) is 4.31. The Bertz CT molecular complexity index is 660. The first-order valence-corrected chi connectivity index (χ1v) is 7.36. The molecule has 22 heavy (non-hydrogen) atoms. The van der Waals surface area contributed by atoms with E-state index in [9.17, 15) is 9.18 Å². The minimum Gasteiger partial charge on any atom is -0.497 e. The van der Waals surface area contributed by atoms with Gasteiger partial charge in [0.25, 0.3) is 5.91 Å². The van der Waals surface area contributed by atoms with Crippen molar-refractivity contribution >= 4 is 5.91 Å². The molecular formula is C18H18FNO2. The monoisotopic (exact) mass is 299 g/mol. The van der Waals surface area contributed by atoms with E-state index in [-0.39, 0.29) is 17.3 Å². The van der Waals surface area contributed by atoms with Gasteiger partial charge >= 0.3 is 0 Å². The minimum absolute atomic E-state index is 0.119. The topological polar surface area (TPSA) is 38.3 Å². The minimum atomic E-state index is -0.370. The molecule has 0 radical (unpaired) electrons. The molecule has 0 atom stereocenters. The second kappa shape index (κ2) is 5.79. The number of benzene rings is 2. The fourth-order valence-electron chi connectivity index (χ4n) is 2.82. The second-order valence-corrected chi connectivity index (χ2v) is 5.63. The molecule has 0 bridgehead atoms. The summed E-state index contributed by atoms with van der Waals surface area (Å²) < 4.78 is 18.2. The van der Waals surface area contributed by atoms with Crippen molar-refractivity contribution in [1.29, 1.82) is 0 Å². The van der Waals surface area contributed by atoms with E-state index in [0.717, 1.165) is 24.8 Å². The molecule has 1 aliphatic rings. The maximum atomic E-state index is 13.1. The number of halogens is 1. The molecular weight excluding hydrogens is 281 g/mol. The van der Waals surface area contributed by atoms with Crippen molar-refractivity contribution in [1.82, 2.24) is 5.32 Å². The van der Waals surface area contributed by atoms with Gasteiger partial charge in [-0.15, -0.1) is 0 Å². The van der Waals surface area contributed by atoms with E-state index < -0.39 is 0 Å². The summed E-state index contributed by atoms with van der Waals surface area (Å²) in [5, 5.41) is 3.12. The summed E-state index contributed by atoms with van der Waals surface area (Å²) in [4.78, 5) is 12.5. The van der Waals surface area contributed by atoms with E-state index in [4.69, 9.17) is 4.74 Å². The molecule has 0 aromatic heterocycles. The summed E-state index contributed by atoms with van der Waals surface area (Å²) in [6.45, 7) is 0. The highest BCUT2D eigenvalue weighted by Gasteiger charge is 2.40. The third-order valence-electron chi connectivity index (χ3n) is 4.31. The number of ether oxygens (including phenoxy) is 1. The van der Waals surface area contributed by atoms with Crippen LogP contribution in [0.25, 0.3) is 0 Å². The Kier molecular flexibility index (Phi) is 3.84. The van der Waals surface area contributed by atoms with E-state index in [0.29, 0.717) is 11.3 Å². The zero-order valence-electron chi connectivity index (χ0n) is 12.4. The predicted molar refractivity (Wildman–Crippen MR) is 82.4 cm³/mol. The molecule has 1 amide bonds. The fourth-order valence-corrected chi connectivity index (χ4v) is 2.82. The van der Waals surface area contributed by atoms with Gasteiger partial charge in [0.15, 0.2) is 0 Å². The Morgan fingerprint density at radius 2 is 1.73 bits per heavy atom. The van der Waals surface area contributed by atoms with Crippen molar-refractivity contribution in [3.05, 3.63) is 65.5 Å². The van der Waals surface area contributed by atoms with Gasteiger partial charge in [0.2, 0.25) is 0 Å². The predicted octanol–water partition coefficient (Wildman–Crippen LogP) is 3.64. The van der Waals surface area contributed by atoms with Crippen molar-refractivity contribution in [2.24, 2.45) is 0 Å². The van der Waals surface area contributed by atoms with Crippen molar-refractivity contribution in [3.8, 4) is 5.75 Å². The summed E-state index contributed by atoms with van der Waals surface area (Å²) in [6.07, 6.45) is 2.81. The Balaban J connectivity index is 1.79. The van der Waals surface area contributed by atoms with Crippen molar-refractivity contribution < 1.29 is 13.9 Å². The van der Waals surface area contributed by atoms with Crippen molar-refractivity contribution in [2.45, 2.75) is 24.8 Å². The molecule has 2 aromatic rings. The quantitative estimate of drug-likeness (QED) is 0.936. The summed E-state index contributed by atoms with van der Waals surface area (Å²) >= 11 is 0. The summed E-state index contributed by atoms with van der Waals surface area (Å²) in [5.74, 6) is 0.333. The van der Waals surface area contributed by atoms with Crippen LogP contribution >= 0.6 is 0 Å². The molecule has 1 saturated carbocycles. The van der Waals surface area contributed by atoms with Crippen LogP contribution in [0.4, 0.5) is 4.39 Å². The van der Waals surface area contributed by atoms with Gasteiger partial charge in [-0.25, -0.2) is 4.39 Å². The summed E-state index contributed by atoms with van der Waals surface area (Å²) in [5.41, 5.74) is 1.18. The summed E-state index contributed by atoms with van der Waals surface area (Å²) in [7, 11) is 1.59. The molecule has 0 unspecified atom stereocenters. The molecule has 0 saturated heterocycles. The van der Waals surface area contributed by atoms with Gasteiger partial charge in [0.05, 0.1) is 12.6 Å². The van der Waals surface area contributed by atoms with Crippen LogP contribution in [-0.4, -0.2) is 13.0 Å². The smallest absolute Gasteiger partial charge is 0.251 e. The number of methoxy groups -OCH3 is 1. The zero-order valence-corrected chi connectivity index (χ0v) is 12.4. The van der Waals surface area contributed by atoms with Gasteiger partial charge in [0.1, 0.15) is 11.6 Å². The number of rotatable bonds is 4. The lowest BCUT2D eigenvalue weighted by molar-refractivity contribution is 0.0823. The van der Waals surface area contributed by atoms with Crippen LogP contribution in [0.1, 0.15) is 35.2 Å². The second-order valence-electron chi connectivity index (χ2n) is 5.63. The van der Waals surface area contributed by atoms with E-state index in [2.05, 4.69) is 5.32 Å². The Labute approximate surface area is 129 Å². The molecule has 0 aliphatic heterocycles. The van der Waals surface area contributed by atoms with Gasteiger partial charge in [-0.1, -0.05) is 12.1 Å². The van der Waals surface area contributed by atoms with Crippen LogP contribution in [-0.2, 0) is 5.54 Å². The average Bonchev–Trinajstić information content (AvgIpc) is 2.52. The first kappa shape index (κ1) is 14.6. The standard InChI is InChI=1S/C18H18FNO2/c1-22-16-9-3-13(4-10-16)17(21)20-18(11-2-12-18)14-5-7-15(19)8-6-14/h3-10H,2,11-12H2,1H3,(H,20,21). The number of hydrogen-bond acceptors (Lipinski definition) is 2. The molecule has 1 N–H and O–H groups in total. The highest BCUT2D eigenvalue weighted by atomic mass is 19.1. The highest BCUT2D eigenvalue weighted by molar-refractivity contribution is 5.95. The third kappa shape index (κ3) is 2.69. The van der Waals surface area contributed by atoms with E-state index >= 15 is 0 Å². The van der Waals surface area contributed by atoms with Crippen LogP contribution in [0.5, 0.6) is 5.75 Å². The van der Waals surface area contributed by atoms with Crippen LogP contribution in [0.2, 0.25) is 0 Å². The molecule has 0 spiro atoms. The number of carbonyl (C=O) groups excluding carboxylic acids is 1. The molecule has 4 heteroatoms. The Morgan fingerprint density at radius 1 is 1.09 bits per heavy atom. The zero-order chi connectivity index (χ0) is 15.6. The van der Waals surface area contributed by atoms with E-state index in [1.165, 1.54) is 12.1 Å². The number of amides is 1. The maximum Gasteiger partial charge on any atom is 0.251 e. The highest BCUT2D eigenvalue weighted by Crippen LogP contribution is 2.41. The molecule has 114 valence electrons. The number of hydrogen-bond donors (Lipinski definition) is 1. The molecule has 3 rings (SSSR count). The van der Waals surface area contributed by atoms with Crippen LogP contribution in [0.3, 0.4) is 0 Å². The maximum absolute atomic E-state index is 13.1. The lowest BCUT2D eigenvalue weighted by Crippen LogP contribution is -2.50. The van der Waals surface area contributed by atoms with Crippen LogP contribution in [0.15, 0.2) is 48.5 Å². The van der Waals surface area contributed by atoms with Gasteiger partial charge in [-0.3, -0.25) is 4.79 Å². The molecule has 1 fully saturated rings. The first-order chi connectivity index (χ1) is 10.6. The lowest BCUT2D eigenvalue weighted by atomic mass is 9.71. The Hall–Kier alpha value is -2.36. The largest absolute Gasteiger partial charge is 0.497 e. The number of carbonyl (C=O) groups is 1. The molecule has 3 nitrogen and oxygen atoms in total. The van der Waals surface area contributed by atoms with Crippen LogP contribution in [0, 0.1) is 5.82 Å². The van der Waals surface area contributed by atoms with E-state index in [1.807, 2.05) is 0 Å². The fraction of sp³-hybridized carbons (Fsp3) is 0.278. The molecule has 1 aliphatic carbocycles. The van der Waals surface area contributed by atoms with E-state index in [1.54, 1.807) is 43.5 Å². The lowest BCUT2D eigenvalue weighted by Gasteiger charge is -2.43. The normalized spacial score (nSPS) is 15.7. The van der Waals surface area contributed by atoms with Gasteiger partial charge in [-0.2, -0.15) is 0 Å². The first-order valence-electron chi connectivity index (χ1n) is 7.36. The molecule has 2 aromatic carbocycles. The van der Waals surface area contributed by atoms with Gasteiger partial charge in [0, 0.05) is 5.56 Å². The Morgan fingerprint density at radius 3 is 2.23 bits per heavy atom. The van der Waals surface area contributed by atoms with Crippen molar-refractivity contribution in [2.75, 3.05) is 7.11 Å². The summed E-state index contributed by atoms with van der Waals surface area (Å²) in [6, 6.07) is 13.4. The van der Waals surface area contributed by atoms with Crippen LogP contribution < -0.4 is 10.1 Å². The number of nitrogens with one attached hydrogen (secondary N) is 1. The van der Waals surface area contributed by atoms with Gasteiger partial charge in [-0.05, 0) is 61.2 Å².